The Balaban J connectivity index is 0.000000130. The fourth-order valence-electron chi connectivity index (χ4n) is 22.4. The topological polar surface area (TPSA) is 83.3 Å². The van der Waals surface area contributed by atoms with Crippen LogP contribution in [0.2, 0.25) is 0 Å². The minimum atomic E-state index is -4.40. The van der Waals surface area contributed by atoms with Gasteiger partial charge in [0.05, 0.1) is 28.4 Å². The minimum Gasteiger partial charge on any atom is -0.382 e. The molecule has 12 aliphatic heterocycles. The summed E-state index contributed by atoms with van der Waals surface area (Å²) in [5, 5.41) is 14.1. The molecular weight excluding hydrogens is 1960 g/mol. The van der Waals surface area contributed by atoms with Crippen LogP contribution in [0.1, 0.15) is 223 Å². The SMILES string of the molecule is CCCN1CCC(Nc2cc(C(F)(F)F)cc3c2Cc2ccc(N4CCC(OC)C4)cc2S3)CC1.CCCN1CCC(Nc2cc(C(F)(F)F)cc3c2Cc2ccc(N4CCCC(C(C)C)C4)cc2S3)CC1.CCCN1CCC(Nc2cc(C(F)(F)F)cc3c2Cc2ccc(N4CCCC(F)C4)cc2S3)CC1.FC(F)(F)c1cc(NC2CCN(CCN3CCCCC3)CC2)c2c(c1)Sc1cc(Br)ccc1C2. The molecule has 766 valence electrons. The van der Waals surface area contributed by atoms with Gasteiger partial charge in [0.1, 0.15) is 6.17 Å². The van der Waals surface area contributed by atoms with E-state index in [0.717, 1.165) is 275 Å². The lowest BCUT2D eigenvalue weighted by molar-refractivity contribution is -0.138. The first-order chi connectivity index (χ1) is 67.7. The van der Waals surface area contributed by atoms with Crippen molar-refractivity contribution in [2.75, 3.05) is 181 Å². The summed E-state index contributed by atoms with van der Waals surface area (Å²) in [6.07, 6.45) is 4.32. The lowest BCUT2D eigenvalue weighted by Gasteiger charge is -2.37. The quantitative estimate of drug-likeness (QED) is 0.0486. The average Bonchev–Trinajstić information content (AvgIpc) is 1.40. The molecule has 3 unspecified atom stereocenters. The molecule has 0 radical (unpaired) electrons. The van der Waals surface area contributed by atoms with Crippen molar-refractivity contribution in [1.29, 1.82) is 0 Å². The van der Waals surface area contributed by atoms with Crippen molar-refractivity contribution in [3.05, 3.63) is 193 Å². The summed E-state index contributed by atoms with van der Waals surface area (Å²) >= 11 is 9.31. The third-order valence-corrected chi connectivity index (χ3v) is 35.8. The molecule has 0 bridgehead atoms. The first kappa shape index (κ1) is 105. The second-order valence-electron chi connectivity index (χ2n) is 41.1. The summed E-state index contributed by atoms with van der Waals surface area (Å²) in [5.74, 6) is 1.35. The largest absolute Gasteiger partial charge is 0.416 e. The van der Waals surface area contributed by atoms with Gasteiger partial charge in [0.2, 0.25) is 0 Å². The predicted molar refractivity (Wildman–Crippen MR) is 554 cm³/mol. The lowest BCUT2D eigenvalue weighted by atomic mass is 9.87. The summed E-state index contributed by atoms with van der Waals surface area (Å²) in [6, 6.07) is 36.6. The van der Waals surface area contributed by atoms with Gasteiger partial charge in [0.15, 0.2) is 0 Å². The van der Waals surface area contributed by atoms with Crippen LogP contribution in [0.3, 0.4) is 0 Å². The summed E-state index contributed by atoms with van der Waals surface area (Å²) in [7, 11) is 1.74. The van der Waals surface area contributed by atoms with Gasteiger partial charge in [0.25, 0.3) is 0 Å². The standard InChI is InChI=1S/C30H40F3N3S.C27H33F4N3S.C27H34F3N3OS.C26H31BrF3N3S/c1-4-11-35-13-9-24(10-14-35)34-27-16-23(30(31,32)33)17-29-26(27)15-21-7-8-25(18-28(21)37-29)36-12-5-6-22(19-36)20(2)3;1-2-9-33-11-7-21(8-12-33)32-24-14-19(27(29,30)31)15-26-23(24)13-18-5-6-22(16-25(18)35-26)34-10-3-4-20(28)17-34;1-3-9-32-10-6-20(7-11-32)31-24-14-19(27(28,29)30)15-26-23(24)13-18-4-5-21(16-25(18)35-26)33-12-8-22(17-33)34-2;27-20-5-4-18-14-22-23(15-19(26(28,29)30)16-25(22)34-24(18)17-20)31-21-6-10-33(11-7-21)13-12-32-8-2-1-3-9-32/h7-8,16-18,20,22,24,34H,4-6,9-15,19H2,1-3H3;5-6,14-16,20-21,32H,2-4,7-13,17H2,1H3;4-5,14-16,20,22,31H,3,6-13,17H2,1-2H3;4-5,15-17,21,31H,1-3,6-14H2. The normalized spacial score (nSPS) is 21.0. The van der Waals surface area contributed by atoms with Crippen LogP contribution in [-0.2, 0) is 55.1 Å². The molecule has 8 saturated heterocycles. The first-order valence-electron chi connectivity index (χ1n) is 51.6. The molecule has 0 saturated carbocycles. The summed E-state index contributed by atoms with van der Waals surface area (Å²) in [4.78, 5) is 26.2. The average molecular weight is 2100 g/mol. The van der Waals surface area contributed by atoms with Crippen LogP contribution >= 0.6 is 63.0 Å². The maximum absolute atomic E-state index is 13.9. The van der Waals surface area contributed by atoms with Crippen molar-refractivity contribution in [3.63, 3.8) is 0 Å². The molecule has 8 fully saturated rings. The number of fused-ring (bicyclic) bond motifs is 8. The zero-order valence-electron chi connectivity index (χ0n) is 82.2. The summed E-state index contributed by atoms with van der Waals surface area (Å²) in [5.41, 5.74) is 12.1. The molecule has 20 rings (SSSR count). The van der Waals surface area contributed by atoms with Gasteiger partial charge in [0, 0.05) is 245 Å². The van der Waals surface area contributed by atoms with Crippen molar-refractivity contribution >= 4 is 103 Å². The number of halogens is 14. The number of nitrogens with zero attached hydrogens (tertiary/aromatic N) is 8. The van der Waals surface area contributed by atoms with Crippen LogP contribution in [0.25, 0.3) is 0 Å². The van der Waals surface area contributed by atoms with Crippen LogP contribution in [0.15, 0.2) is 165 Å². The maximum Gasteiger partial charge on any atom is 0.416 e. The monoisotopic (exact) mass is 2100 g/mol. The van der Waals surface area contributed by atoms with Crippen LogP contribution in [-0.4, -0.2) is 205 Å². The van der Waals surface area contributed by atoms with Gasteiger partial charge in [-0.15, -0.1) is 0 Å². The zero-order chi connectivity index (χ0) is 99.0. The highest BCUT2D eigenvalue weighted by Crippen LogP contribution is 2.53. The van der Waals surface area contributed by atoms with Crippen molar-refractivity contribution < 1.29 is 61.8 Å². The molecule has 12 aliphatic rings. The number of hydrogen-bond donors (Lipinski definition) is 4. The predicted octanol–water partition coefficient (Wildman–Crippen LogP) is 28.1. The Morgan fingerprint density at radius 2 is 0.645 bits per heavy atom. The molecule has 8 aromatic carbocycles. The minimum absolute atomic E-state index is 0.178. The number of piperidine rings is 7. The van der Waals surface area contributed by atoms with E-state index in [1.807, 2.05) is 24.3 Å². The van der Waals surface area contributed by atoms with Crippen LogP contribution in [0, 0.1) is 11.8 Å². The van der Waals surface area contributed by atoms with Gasteiger partial charge in [-0.2, -0.15) is 52.7 Å². The van der Waals surface area contributed by atoms with Crippen LogP contribution < -0.4 is 36.0 Å². The van der Waals surface area contributed by atoms with E-state index in [2.05, 4.69) is 160 Å². The summed E-state index contributed by atoms with van der Waals surface area (Å²) < 4.78 is 186. The van der Waals surface area contributed by atoms with Crippen molar-refractivity contribution in [3.8, 4) is 0 Å². The molecule has 31 heteroatoms. The molecule has 141 heavy (non-hydrogen) atoms. The van der Waals surface area contributed by atoms with Gasteiger partial charge in [-0.3, -0.25) is 0 Å². The Kier molecular flexibility index (Phi) is 35.2. The molecule has 0 spiro atoms. The molecule has 4 N–H and O–H groups in total. The molecule has 8 aromatic rings. The second kappa shape index (κ2) is 47.1. The number of hydrogen-bond acceptors (Lipinski definition) is 17. The number of rotatable bonds is 22. The zero-order valence-corrected chi connectivity index (χ0v) is 87.0. The second-order valence-corrected chi connectivity index (χ2v) is 46.3. The molecule has 0 amide bonds. The van der Waals surface area contributed by atoms with E-state index in [1.54, 1.807) is 7.11 Å². The molecule has 0 aliphatic carbocycles. The highest BCUT2D eigenvalue weighted by molar-refractivity contribution is 9.10. The van der Waals surface area contributed by atoms with Gasteiger partial charge in [-0.1, -0.05) is 128 Å². The van der Waals surface area contributed by atoms with E-state index in [9.17, 15) is 57.1 Å². The number of alkyl halides is 13. The Bertz CT molecular complexity index is 5550. The van der Waals surface area contributed by atoms with Gasteiger partial charge in [-0.05, 0) is 302 Å². The molecule has 13 nitrogen and oxygen atoms in total. The third kappa shape index (κ3) is 27.2. The number of ether oxygens (including phenoxy) is 1. The molecular formula is C110H138BrF13N12OS4. The van der Waals surface area contributed by atoms with E-state index < -0.39 is 53.1 Å². The highest BCUT2D eigenvalue weighted by atomic mass is 79.9. The van der Waals surface area contributed by atoms with Crippen LogP contribution in [0.4, 0.5) is 96.9 Å². The number of methoxy groups -OCH3 is 1. The fourth-order valence-corrected chi connectivity index (χ4v) is 27.6. The highest BCUT2D eigenvalue weighted by Gasteiger charge is 2.41. The van der Waals surface area contributed by atoms with E-state index >= 15 is 0 Å². The third-order valence-electron chi connectivity index (χ3n) is 30.6. The smallest absolute Gasteiger partial charge is 0.382 e. The van der Waals surface area contributed by atoms with Crippen molar-refractivity contribution in [2.24, 2.45) is 11.8 Å². The van der Waals surface area contributed by atoms with E-state index in [-0.39, 0.29) is 30.3 Å². The fraction of sp³-hybridized carbons (Fsp3) is 0.564. The number of benzene rings is 8. The Morgan fingerprint density at radius 3 is 0.965 bits per heavy atom. The van der Waals surface area contributed by atoms with E-state index in [1.165, 1.54) is 158 Å². The number of likely N-dealkylation sites (tertiary alicyclic amines) is 5. The van der Waals surface area contributed by atoms with Crippen molar-refractivity contribution in [2.45, 2.75) is 283 Å². The number of anilines is 7. The molecule has 12 heterocycles. The lowest BCUT2D eigenvalue weighted by Crippen LogP contribution is -2.43. The first-order valence-corrected chi connectivity index (χ1v) is 55.7. The van der Waals surface area contributed by atoms with Crippen LogP contribution in [0.5, 0.6) is 0 Å². The Morgan fingerprint density at radius 1 is 0.333 bits per heavy atom. The van der Waals surface area contributed by atoms with Gasteiger partial charge in [-0.25, -0.2) is 4.39 Å². The Hall–Kier alpha value is -6.91. The Labute approximate surface area is 850 Å². The van der Waals surface area contributed by atoms with Gasteiger partial charge < -0.3 is 65.2 Å². The van der Waals surface area contributed by atoms with E-state index in [4.69, 9.17) is 4.74 Å². The molecule has 3 atom stereocenters. The number of nitrogens with one attached hydrogen (secondary N) is 4. The van der Waals surface area contributed by atoms with Gasteiger partial charge >= 0.3 is 24.7 Å². The maximum atomic E-state index is 13.9. The molecule has 0 aromatic heterocycles. The van der Waals surface area contributed by atoms with Crippen molar-refractivity contribution in [1.82, 2.24) is 24.5 Å². The summed E-state index contributed by atoms with van der Waals surface area (Å²) in [6.45, 7) is 32.1. The van der Waals surface area contributed by atoms with E-state index in [0.29, 0.717) is 87.9 Å².